The molecule has 0 aromatic carbocycles. The van der Waals surface area contributed by atoms with E-state index in [1.807, 2.05) is 11.8 Å². The molecule has 5 heteroatoms. The molecule has 5 nitrogen and oxygen atoms in total. The zero-order valence-electron chi connectivity index (χ0n) is 12.0. The monoisotopic (exact) mass is 264 g/mol. The minimum Gasteiger partial charge on any atom is -0.337 e. The van der Waals surface area contributed by atoms with Gasteiger partial charge in [0.2, 0.25) is 0 Å². The van der Waals surface area contributed by atoms with Gasteiger partial charge in [0.25, 0.3) is 5.91 Å². The summed E-state index contributed by atoms with van der Waals surface area (Å²) in [5.74, 6) is 5.81. The Morgan fingerprint density at radius 3 is 2.47 bits per heavy atom. The molecule has 0 unspecified atom stereocenters. The number of nitrogens with zero attached hydrogens (tertiary/aromatic N) is 2. The molecule has 0 fully saturated rings. The molecule has 1 aromatic rings. The van der Waals surface area contributed by atoms with Gasteiger partial charge in [-0.1, -0.05) is 26.7 Å². The van der Waals surface area contributed by atoms with Crippen LogP contribution in [0.5, 0.6) is 0 Å². The number of rotatable bonds is 7. The van der Waals surface area contributed by atoms with Gasteiger partial charge in [0.15, 0.2) is 0 Å². The highest BCUT2D eigenvalue weighted by Crippen LogP contribution is 2.13. The van der Waals surface area contributed by atoms with Gasteiger partial charge >= 0.3 is 0 Å². The van der Waals surface area contributed by atoms with E-state index in [4.69, 9.17) is 5.84 Å². The molecule has 1 heterocycles. The zero-order valence-corrected chi connectivity index (χ0v) is 12.0. The van der Waals surface area contributed by atoms with E-state index in [1.165, 1.54) is 0 Å². The fraction of sp³-hybridized carbons (Fsp3) is 0.571. The molecule has 0 radical (unpaired) electrons. The second-order valence-electron chi connectivity index (χ2n) is 4.60. The van der Waals surface area contributed by atoms with E-state index in [0.29, 0.717) is 23.8 Å². The number of carbonyl (C=O) groups is 1. The van der Waals surface area contributed by atoms with Gasteiger partial charge in [-0.25, -0.2) is 4.98 Å². The first-order valence-electron chi connectivity index (χ1n) is 6.88. The summed E-state index contributed by atoms with van der Waals surface area (Å²) in [5, 5.41) is 0. The minimum absolute atomic E-state index is 0.0158. The van der Waals surface area contributed by atoms with Crippen LogP contribution in [-0.4, -0.2) is 28.9 Å². The van der Waals surface area contributed by atoms with Crippen LogP contribution < -0.4 is 11.3 Å². The standard InChI is InChI=1S/C14H24N4O/c1-4-11(5-2)10-18(6-3)14(19)13-8-7-12(17-15)9-16-13/h7-9,11,17H,4-6,10,15H2,1-3H3. The van der Waals surface area contributed by atoms with E-state index in [0.717, 1.165) is 19.4 Å². The van der Waals surface area contributed by atoms with Crippen LogP contribution in [0.15, 0.2) is 18.3 Å². The summed E-state index contributed by atoms with van der Waals surface area (Å²) in [4.78, 5) is 18.4. The highest BCUT2D eigenvalue weighted by Gasteiger charge is 2.18. The van der Waals surface area contributed by atoms with Crippen molar-refractivity contribution in [2.45, 2.75) is 33.6 Å². The summed E-state index contributed by atoms with van der Waals surface area (Å²) < 4.78 is 0. The van der Waals surface area contributed by atoms with Crippen LogP contribution in [0.1, 0.15) is 44.1 Å². The molecular weight excluding hydrogens is 240 g/mol. The molecule has 3 N–H and O–H groups in total. The van der Waals surface area contributed by atoms with E-state index in [-0.39, 0.29) is 5.91 Å². The Morgan fingerprint density at radius 1 is 1.37 bits per heavy atom. The number of hydrogen-bond donors (Lipinski definition) is 2. The summed E-state index contributed by atoms with van der Waals surface area (Å²) in [6, 6.07) is 3.46. The lowest BCUT2D eigenvalue weighted by molar-refractivity contribution is 0.0729. The fourth-order valence-electron chi connectivity index (χ4n) is 1.98. The van der Waals surface area contributed by atoms with Crippen molar-refractivity contribution in [2.24, 2.45) is 11.8 Å². The van der Waals surface area contributed by atoms with Crippen molar-refractivity contribution in [1.29, 1.82) is 0 Å². The third-order valence-corrected chi connectivity index (χ3v) is 3.45. The Morgan fingerprint density at radius 2 is 2.05 bits per heavy atom. The maximum absolute atomic E-state index is 12.4. The summed E-state index contributed by atoms with van der Waals surface area (Å²) in [6.07, 6.45) is 3.74. The Labute approximate surface area is 115 Å². The van der Waals surface area contributed by atoms with Crippen LogP contribution in [0, 0.1) is 5.92 Å². The number of aromatic nitrogens is 1. The van der Waals surface area contributed by atoms with Gasteiger partial charge in [-0.2, -0.15) is 0 Å². The van der Waals surface area contributed by atoms with Crippen molar-refractivity contribution in [2.75, 3.05) is 18.5 Å². The number of anilines is 1. The number of hydrogen-bond acceptors (Lipinski definition) is 4. The highest BCUT2D eigenvalue weighted by molar-refractivity contribution is 5.92. The largest absolute Gasteiger partial charge is 0.337 e. The van der Waals surface area contributed by atoms with Crippen LogP contribution in [0.25, 0.3) is 0 Å². The van der Waals surface area contributed by atoms with Gasteiger partial charge in [0.1, 0.15) is 5.69 Å². The zero-order chi connectivity index (χ0) is 14.3. The lowest BCUT2D eigenvalue weighted by atomic mass is 10.0. The van der Waals surface area contributed by atoms with E-state index in [1.54, 1.807) is 18.3 Å². The van der Waals surface area contributed by atoms with Crippen LogP contribution >= 0.6 is 0 Å². The number of hydrazine groups is 1. The predicted octanol–water partition coefficient (Wildman–Crippen LogP) is 2.27. The summed E-state index contributed by atoms with van der Waals surface area (Å²) in [6.45, 7) is 7.81. The molecule has 1 rings (SSSR count). The van der Waals surface area contributed by atoms with Crippen molar-refractivity contribution < 1.29 is 4.79 Å². The third-order valence-electron chi connectivity index (χ3n) is 3.45. The average Bonchev–Trinajstić information content (AvgIpc) is 2.48. The molecule has 1 aromatic heterocycles. The van der Waals surface area contributed by atoms with Gasteiger partial charge < -0.3 is 10.3 Å². The van der Waals surface area contributed by atoms with Crippen molar-refractivity contribution in [3.63, 3.8) is 0 Å². The molecule has 0 saturated heterocycles. The summed E-state index contributed by atoms with van der Waals surface area (Å²) in [5.41, 5.74) is 3.66. The van der Waals surface area contributed by atoms with E-state index in [9.17, 15) is 4.79 Å². The molecule has 0 bridgehead atoms. The van der Waals surface area contributed by atoms with Crippen molar-refractivity contribution in [3.8, 4) is 0 Å². The molecule has 0 saturated carbocycles. The number of nitrogen functional groups attached to an aromatic ring is 1. The molecule has 1 amide bonds. The number of nitrogens with two attached hydrogens (primary N) is 1. The second-order valence-corrected chi connectivity index (χ2v) is 4.60. The van der Waals surface area contributed by atoms with E-state index < -0.39 is 0 Å². The summed E-state index contributed by atoms with van der Waals surface area (Å²) in [7, 11) is 0. The number of nitrogens with one attached hydrogen (secondary N) is 1. The first-order chi connectivity index (χ1) is 9.15. The molecule has 0 spiro atoms. The van der Waals surface area contributed by atoms with Gasteiger partial charge in [0.05, 0.1) is 11.9 Å². The molecule has 0 atom stereocenters. The Bertz CT molecular complexity index is 387. The number of carbonyl (C=O) groups excluding carboxylic acids is 1. The summed E-state index contributed by atoms with van der Waals surface area (Å²) >= 11 is 0. The maximum atomic E-state index is 12.4. The topological polar surface area (TPSA) is 71.2 Å². The molecule has 106 valence electrons. The molecule has 0 aliphatic rings. The van der Waals surface area contributed by atoms with Crippen molar-refractivity contribution in [1.82, 2.24) is 9.88 Å². The van der Waals surface area contributed by atoms with Crippen molar-refractivity contribution >= 4 is 11.6 Å². The first kappa shape index (κ1) is 15.4. The van der Waals surface area contributed by atoms with Crippen molar-refractivity contribution in [3.05, 3.63) is 24.0 Å². The Hall–Kier alpha value is -1.62. The molecular formula is C14H24N4O. The van der Waals surface area contributed by atoms with Crippen LogP contribution in [-0.2, 0) is 0 Å². The van der Waals surface area contributed by atoms with E-state index >= 15 is 0 Å². The van der Waals surface area contributed by atoms with Crippen LogP contribution in [0.3, 0.4) is 0 Å². The predicted molar refractivity (Wildman–Crippen MR) is 77.7 cm³/mol. The normalized spacial score (nSPS) is 10.6. The van der Waals surface area contributed by atoms with Gasteiger partial charge in [-0.15, -0.1) is 0 Å². The van der Waals surface area contributed by atoms with E-state index in [2.05, 4.69) is 24.3 Å². The SMILES string of the molecule is CCC(CC)CN(CC)C(=O)c1ccc(NN)cn1. The van der Waals surface area contributed by atoms with Crippen LogP contribution in [0.2, 0.25) is 0 Å². The van der Waals surface area contributed by atoms with Crippen LogP contribution in [0.4, 0.5) is 5.69 Å². The van der Waals surface area contributed by atoms with Gasteiger partial charge in [-0.05, 0) is 25.0 Å². The Balaban J connectivity index is 2.76. The van der Waals surface area contributed by atoms with Gasteiger partial charge in [-0.3, -0.25) is 10.6 Å². The quantitative estimate of drug-likeness (QED) is 0.585. The number of amides is 1. The Kier molecular flexibility index (Phi) is 6.29. The molecule has 19 heavy (non-hydrogen) atoms. The minimum atomic E-state index is -0.0158. The van der Waals surface area contributed by atoms with Gasteiger partial charge in [0, 0.05) is 13.1 Å². The average molecular weight is 264 g/mol. The number of pyridine rings is 1. The lowest BCUT2D eigenvalue weighted by Gasteiger charge is -2.25. The first-order valence-corrected chi connectivity index (χ1v) is 6.88. The highest BCUT2D eigenvalue weighted by atomic mass is 16.2. The third kappa shape index (κ3) is 4.21. The molecule has 0 aliphatic carbocycles. The maximum Gasteiger partial charge on any atom is 0.272 e. The fourth-order valence-corrected chi connectivity index (χ4v) is 1.98. The lowest BCUT2D eigenvalue weighted by Crippen LogP contribution is -2.35. The molecule has 0 aliphatic heterocycles. The second kappa shape index (κ2) is 7.74. The smallest absolute Gasteiger partial charge is 0.272 e.